The molecule has 2 heterocycles. The van der Waals surface area contributed by atoms with E-state index in [9.17, 15) is 9.90 Å². The van der Waals surface area contributed by atoms with Crippen molar-refractivity contribution < 1.29 is 5.11 Å². The number of β-amino-alcohol motifs (C(OH)–C–C–N with tert-alkyl or cyclic N) is 1. The summed E-state index contributed by atoms with van der Waals surface area (Å²) >= 11 is 0. The number of fused-ring (bicyclic) bond motifs is 1. The molecule has 126 valence electrons. The molecule has 0 spiro atoms. The molecule has 5 heteroatoms. The molecule has 1 aromatic rings. The second kappa shape index (κ2) is 6.02. The maximum absolute atomic E-state index is 12.3. The molecule has 1 unspecified atom stereocenters. The fraction of sp³-hybridized carbons (Fsp3) is 0.778. The summed E-state index contributed by atoms with van der Waals surface area (Å²) in [5.74, 6) is 0. The fourth-order valence-corrected chi connectivity index (χ4v) is 4.65. The van der Waals surface area contributed by atoms with Crippen LogP contribution in [0.5, 0.6) is 0 Å². The summed E-state index contributed by atoms with van der Waals surface area (Å²) in [6.45, 7) is 2.46. The fourth-order valence-electron chi connectivity index (χ4n) is 4.65. The first-order valence-electron chi connectivity index (χ1n) is 9.19. The van der Waals surface area contributed by atoms with Gasteiger partial charge in [0.2, 0.25) is 0 Å². The van der Waals surface area contributed by atoms with E-state index in [0.29, 0.717) is 12.6 Å². The molecule has 3 aliphatic rings. The number of aliphatic hydroxyl groups is 1. The van der Waals surface area contributed by atoms with Gasteiger partial charge in [-0.25, -0.2) is 4.68 Å². The molecule has 1 saturated carbocycles. The highest BCUT2D eigenvalue weighted by molar-refractivity contribution is 5.22. The molecule has 0 bridgehead atoms. The lowest BCUT2D eigenvalue weighted by atomic mass is 10.0. The summed E-state index contributed by atoms with van der Waals surface area (Å²) < 4.78 is 1.67. The first kappa shape index (κ1) is 15.3. The summed E-state index contributed by atoms with van der Waals surface area (Å²) in [6, 6.07) is 2.13. The van der Waals surface area contributed by atoms with E-state index in [0.717, 1.165) is 82.1 Å². The molecule has 2 fully saturated rings. The molecule has 1 atom stereocenters. The Labute approximate surface area is 137 Å². The first-order valence-corrected chi connectivity index (χ1v) is 9.19. The molecule has 0 amide bonds. The van der Waals surface area contributed by atoms with Crippen LogP contribution in [0, 0.1) is 0 Å². The van der Waals surface area contributed by atoms with Gasteiger partial charge in [0.25, 0.3) is 5.56 Å². The van der Waals surface area contributed by atoms with Crippen LogP contribution < -0.4 is 5.56 Å². The number of likely N-dealkylation sites (tertiary alicyclic amines) is 1. The molecule has 1 aliphatic heterocycles. The lowest BCUT2D eigenvalue weighted by molar-refractivity contribution is 0.00355. The Hall–Kier alpha value is -1.20. The third-order valence-electron chi connectivity index (χ3n) is 5.94. The van der Waals surface area contributed by atoms with E-state index < -0.39 is 5.60 Å². The predicted octanol–water partition coefficient (Wildman–Crippen LogP) is 1.50. The van der Waals surface area contributed by atoms with Crippen LogP contribution in [0.25, 0.3) is 0 Å². The number of rotatable bonds is 4. The third-order valence-corrected chi connectivity index (χ3v) is 5.94. The van der Waals surface area contributed by atoms with E-state index in [-0.39, 0.29) is 5.56 Å². The standard InChI is InChI=1S/C18H27N3O2/c22-17-11-14-5-3-7-16(14)19-21(17)12-15-6-4-10-20(15)13-18(23)8-1-2-9-18/h11,15,23H,1-10,12-13H2. The molecule has 2 aliphatic carbocycles. The van der Waals surface area contributed by atoms with E-state index >= 15 is 0 Å². The van der Waals surface area contributed by atoms with E-state index in [4.69, 9.17) is 0 Å². The molecule has 0 aromatic carbocycles. The maximum atomic E-state index is 12.3. The highest BCUT2D eigenvalue weighted by Gasteiger charge is 2.37. The summed E-state index contributed by atoms with van der Waals surface area (Å²) in [7, 11) is 0. The Morgan fingerprint density at radius 2 is 2.04 bits per heavy atom. The molecular weight excluding hydrogens is 290 g/mol. The van der Waals surface area contributed by atoms with Crippen molar-refractivity contribution >= 4 is 0 Å². The normalized spacial score (nSPS) is 26.7. The second-order valence-electron chi connectivity index (χ2n) is 7.69. The number of hydrogen-bond acceptors (Lipinski definition) is 4. The van der Waals surface area contributed by atoms with Crippen LogP contribution in [0.1, 0.15) is 56.2 Å². The van der Waals surface area contributed by atoms with Crippen molar-refractivity contribution in [1.82, 2.24) is 14.7 Å². The van der Waals surface area contributed by atoms with E-state index in [1.165, 1.54) is 0 Å². The maximum Gasteiger partial charge on any atom is 0.267 e. The van der Waals surface area contributed by atoms with Crippen molar-refractivity contribution in [3.63, 3.8) is 0 Å². The Morgan fingerprint density at radius 1 is 1.22 bits per heavy atom. The summed E-state index contributed by atoms with van der Waals surface area (Å²) in [5.41, 5.74) is 1.80. The third kappa shape index (κ3) is 3.09. The van der Waals surface area contributed by atoms with E-state index in [2.05, 4.69) is 10.00 Å². The van der Waals surface area contributed by atoms with Crippen molar-refractivity contribution in [1.29, 1.82) is 0 Å². The number of nitrogens with zero attached hydrogens (tertiary/aromatic N) is 3. The van der Waals surface area contributed by atoms with Crippen LogP contribution in [0.4, 0.5) is 0 Å². The van der Waals surface area contributed by atoms with E-state index in [1.54, 1.807) is 10.7 Å². The molecule has 1 aromatic heterocycles. The van der Waals surface area contributed by atoms with Gasteiger partial charge in [-0.1, -0.05) is 12.8 Å². The quantitative estimate of drug-likeness (QED) is 0.914. The van der Waals surface area contributed by atoms with Crippen LogP contribution in [0.15, 0.2) is 10.9 Å². The van der Waals surface area contributed by atoms with Crippen LogP contribution in [-0.2, 0) is 19.4 Å². The highest BCUT2D eigenvalue weighted by Crippen LogP contribution is 2.32. The van der Waals surface area contributed by atoms with Gasteiger partial charge in [-0.2, -0.15) is 5.10 Å². The van der Waals surface area contributed by atoms with Crippen molar-refractivity contribution in [3.05, 3.63) is 27.7 Å². The van der Waals surface area contributed by atoms with Gasteiger partial charge in [0, 0.05) is 18.7 Å². The van der Waals surface area contributed by atoms with Gasteiger partial charge in [0.15, 0.2) is 0 Å². The summed E-state index contributed by atoms with van der Waals surface area (Å²) in [6.07, 6.45) is 9.50. The van der Waals surface area contributed by atoms with E-state index in [1.807, 2.05) is 0 Å². The van der Waals surface area contributed by atoms with Gasteiger partial charge in [-0.05, 0) is 57.1 Å². The molecule has 1 saturated heterocycles. The topological polar surface area (TPSA) is 58.4 Å². The zero-order chi connectivity index (χ0) is 15.9. The molecule has 23 heavy (non-hydrogen) atoms. The minimum Gasteiger partial charge on any atom is -0.389 e. The van der Waals surface area contributed by atoms with Crippen LogP contribution in [-0.4, -0.2) is 44.5 Å². The van der Waals surface area contributed by atoms with Crippen molar-refractivity contribution in [2.24, 2.45) is 0 Å². The molecular formula is C18H27N3O2. The molecule has 4 rings (SSSR count). The highest BCUT2D eigenvalue weighted by atomic mass is 16.3. The van der Waals surface area contributed by atoms with Gasteiger partial charge in [0.1, 0.15) is 0 Å². The molecule has 5 nitrogen and oxygen atoms in total. The Morgan fingerprint density at radius 3 is 2.87 bits per heavy atom. The minimum atomic E-state index is -0.501. The Kier molecular flexibility index (Phi) is 4.01. The average Bonchev–Trinajstić information content (AvgIpc) is 3.23. The smallest absolute Gasteiger partial charge is 0.267 e. The average molecular weight is 317 g/mol. The van der Waals surface area contributed by atoms with Gasteiger partial charge >= 0.3 is 0 Å². The van der Waals surface area contributed by atoms with Gasteiger partial charge in [0.05, 0.1) is 17.8 Å². The number of hydrogen-bond donors (Lipinski definition) is 1. The minimum absolute atomic E-state index is 0.0390. The number of aryl methyl sites for hydroxylation is 2. The van der Waals surface area contributed by atoms with Gasteiger partial charge in [-0.15, -0.1) is 0 Å². The van der Waals surface area contributed by atoms with Crippen molar-refractivity contribution in [2.45, 2.75) is 76.0 Å². The van der Waals surface area contributed by atoms with Gasteiger partial charge < -0.3 is 5.11 Å². The van der Waals surface area contributed by atoms with Crippen LogP contribution in [0.2, 0.25) is 0 Å². The predicted molar refractivity (Wildman–Crippen MR) is 88.5 cm³/mol. The zero-order valence-corrected chi connectivity index (χ0v) is 13.8. The monoisotopic (exact) mass is 317 g/mol. The molecule has 0 radical (unpaired) electrons. The lowest BCUT2D eigenvalue weighted by Crippen LogP contribution is -2.45. The second-order valence-corrected chi connectivity index (χ2v) is 7.69. The van der Waals surface area contributed by atoms with Crippen molar-refractivity contribution in [2.75, 3.05) is 13.1 Å². The number of aromatic nitrogens is 2. The van der Waals surface area contributed by atoms with Gasteiger partial charge in [-0.3, -0.25) is 9.69 Å². The summed E-state index contributed by atoms with van der Waals surface area (Å²) in [5, 5.41) is 15.3. The Balaban J connectivity index is 1.48. The van der Waals surface area contributed by atoms with Crippen molar-refractivity contribution in [3.8, 4) is 0 Å². The summed E-state index contributed by atoms with van der Waals surface area (Å²) in [4.78, 5) is 14.7. The van der Waals surface area contributed by atoms with Crippen LogP contribution in [0.3, 0.4) is 0 Å². The lowest BCUT2D eigenvalue weighted by Gasteiger charge is -2.32. The molecule has 1 N–H and O–H groups in total. The SMILES string of the molecule is O=c1cc2c(nn1CC1CCCN1CC1(O)CCCC1)CCC2. The Bertz CT molecular complexity index is 634. The largest absolute Gasteiger partial charge is 0.389 e. The zero-order valence-electron chi connectivity index (χ0n) is 13.8. The first-order chi connectivity index (χ1) is 11.1. The van der Waals surface area contributed by atoms with Crippen LogP contribution >= 0.6 is 0 Å².